The average Bonchev–Trinajstić information content (AvgIpc) is 2.30. The van der Waals surface area contributed by atoms with E-state index in [4.69, 9.17) is 0 Å². The van der Waals surface area contributed by atoms with Crippen molar-refractivity contribution in [3.63, 3.8) is 0 Å². The molecule has 0 saturated carbocycles. The Kier molecular flexibility index (Phi) is 4.74. The summed E-state index contributed by atoms with van der Waals surface area (Å²) in [5.74, 6) is 0.937. The number of anilines is 1. The van der Waals surface area contributed by atoms with Gasteiger partial charge in [0.05, 0.1) is 6.10 Å². The summed E-state index contributed by atoms with van der Waals surface area (Å²) < 4.78 is 0. The van der Waals surface area contributed by atoms with Gasteiger partial charge in [0.25, 0.3) is 0 Å². The number of hydrogen-bond donors (Lipinski definition) is 1. The summed E-state index contributed by atoms with van der Waals surface area (Å²) in [5.41, 5.74) is 0.919. The van der Waals surface area contributed by atoms with E-state index < -0.39 is 6.10 Å². The Labute approximate surface area is 98.1 Å². The Morgan fingerprint density at radius 2 is 2.00 bits per heavy atom. The van der Waals surface area contributed by atoms with Crippen molar-refractivity contribution in [3.05, 3.63) is 23.9 Å². The van der Waals surface area contributed by atoms with Crippen molar-refractivity contribution >= 4 is 5.82 Å². The molecule has 1 atom stereocenters. The van der Waals surface area contributed by atoms with Crippen molar-refractivity contribution < 1.29 is 5.11 Å². The minimum absolute atomic E-state index is 0.433. The number of aliphatic hydroxyl groups excluding tert-OH is 1. The second kappa shape index (κ2) is 5.85. The number of aromatic nitrogens is 1. The lowest BCUT2D eigenvalue weighted by atomic mass is 10.1. The molecule has 0 amide bonds. The molecule has 1 heterocycles. The van der Waals surface area contributed by atoms with Gasteiger partial charge in [0.1, 0.15) is 5.82 Å². The summed E-state index contributed by atoms with van der Waals surface area (Å²) in [4.78, 5) is 6.54. The Hall–Kier alpha value is -1.09. The van der Waals surface area contributed by atoms with Crippen LogP contribution in [-0.2, 0) is 0 Å². The van der Waals surface area contributed by atoms with E-state index in [2.05, 4.69) is 30.8 Å². The SMILES string of the molecule is CCC(CC)N(C)c1cc([C@@H](C)O)ccn1. The quantitative estimate of drug-likeness (QED) is 0.832. The summed E-state index contributed by atoms with van der Waals surface area (Å²) in [5, 5.41) is 9.54. The van der Waals surface area contributed by atoms with Crippen molar-refractivity contribution in [1.29, 1.82) is 0 Å². The second-order valence-electron chi connectivity index (χ2n) is 4.20. The predicted molar refractivity (Wildman–Crippen MR) is 67.6 cm³/mol. The molecule has 1 rings (SSSR count). The largest absolute Gasteiger partial charge is 0.389 e. The monoisotopic (exact) mass is 222 g/mol. The van der Waals surface area contributed by atoms with Gasteiger partial charge in [0, 0.05) is 19.3 Å². The summed E-state index contributed by atoms with van der Waals surface area (Å²) in [7, 11) is 2.06. The first kappa shape index (κ1) is 13.0. The molecule has 0 aliphatic carbocycles. The lowest BCUT2D eigenvalue weighted by Gasteiger charge is -2.27. The van der Waals surface area contributed by atoms with Crippen molar-refractivity contribution in [2.45, 2.75) is 45.8 Å². The van der Waals surface area contributed by atoms with Gasteiger partial charge in [-0.05, 0) is 37.5 Å². The third-order valence-electron chi connectivity index (χ3n) is 3.10. The van der Waals surface area contributed by atoms with Crippen molar-refractivity contribution in [2.24, 2.45) is 0 Å². The normalized spacial score (nSPS) is 12.9. The molecule has 3 nitrogen and oxygen atoms in total. The van der Waals surface area contributed by atoms with Gasteiger partial charge in [-0.1, -0.05) is 13.8 Å². The lowest BCUT2D eigenvalue weighted by molar-refractivity contribution is 0.199. The molecule has 0 aliphatic rings. The molecule has 1 aromatic rings. The third kappa shape index (κ3) is 2.95. The summed E-state index contributed by atoms with van der Waals surface area (Å²) in [6.07, 6.45) is 3.54. The highest BCUT2D eigenvalue weighted by atomic mass is 16.3. The van der Waals surface area contributed by atoms with Gasteiger partial charge < -0.3 is 10.0 Å². The topological polar surface area (TPSA) is 36.4 Å². The van der Waals surface area contributed by atoms with Gasteiger partial charge in [0.15, 0.2) is 0 Å². The molecule has 16 heavy (non-hydrogen) atoms. The molecule has 0 bridgehead atoms. The minimum Gasteiger partial charge on any atom is -0.389 e. The second-order valence-corrected chi connectivity index (χ2v) is 4.20. The van der Waals surface area contributed by atoms with Gasteiger partial charge in [-0.25, -0.2) is 4.98 Å². The zero-order valence-corrected chi connectivity index (χ0v) is 10.6. The van der Waals surface area contributed by atoms with Gasteiger partial charge in [-0.3, -0.25) is 0 Å². The van der Waals surface area contributed by atoms with E-state index in [1.54, 1.807) is 13.1 Å². The van der Waals surface area contributed by atoms with E-state index in [1.807, 2.05) is 12.1 Å². The fourth-order valence-electron chi connectivity index (χ4n) is 1.91. The molecule has 0 radical (unpaired) electrons. The van der Waals surface area contributed by atoms with E-state index in [-0.39, 0.29) is 0 Å². The average molecular weight is 222 g/mol. The van der Waals surface area contributed by atoms with Crippen LogP contribution in [0.3, 0.4) is 0 Å². The van der Waals surface area contributed by atoms with E-state index in [0.717, 1.165) is 24.2 Å². The highest BCUT2D eigenvalue weighted by Crippen LogP contribution is 2.20. The summed E-state index contributed by atoms with van der Waals surface area (Å²) in [6.45, 7) is 6.14. The van der Waals surface area contributed by atoms with E-state index in [0.29, 0.717) is 6.04 Å². The molecular weight excluding hydrogens is 200 g/mol. The predicted octanol–water partition coefficient (Wildman–Crippen LogP) is 2.76. The standard InChI is InChI=1S/C13H22N2O/c1-5-12(6-2)15(4)13-9-11(10(3)16)7-8-14-13/h7-10,12,16H,5-6H2,1-4H3/t10-/m1/s1. The van der Waals surface area contributed by atoms with E-state index in [1.165, 1.54) is 0 Å². The number of aliphatic hydroxyl groups is 1. The fourth-order valence-corrected chi connectivity index (χ4v) is 1.91. The van der Waals surface area contributed by atoms with Gasteiger partial charge in [-0.2, -0.15) is 0 Å². The van der Waals surface area contributed by atoms with Crippen LogP contribution in [0.1, 0.15) is 45.3 Å². The zero-order chi connectivity index (χ0) is 12.1. The fraction of sp³-hybridized carbons (Fsp3) is 0.615. The van der Waals surface area contributed by atoms with Crippen LogP contribution < -0.4 is 4.90 Å². The molecule has 1 aromatic heterocycles. The Balaban J connectivity index is 2.90. The molecule has 0 spiro atoms. The highest BCUT2D eigenvalue weighted by Gasteiger charge is 2.13. The lowest BCUT2D eigenvalue weighted by Crippen LogP contribution is -2.31. The van der Waals surface area contributed by atoms with Crippen molar-refractivity contribution in [1.82, 2.24) is 4.98 Å². The molecular formula is C13H22N2O. The first-order valence-corrected chi connectivity index (χ1v) is 5.97. The highest BCUT2D eigenvalue weighted by molar-refractivity contribution is 5.41. The summed E-state index contributed by atoms with van der Waals surface area (Å²) in [6, 6.07) is 4.33. The molecule has 0 aliphatic heterocycles. The minimum atomic E-state index is -0.433. The van der Waals surface area contributed by atoms with Crippen LogP contribution >= 0.6 is 0 Å². The van der Waals surface area contributed by atoms with Gasteiger partial charge >= 0.3 is 0 Å². The molecule has 0 unspecified atom stereocenters. The zero-order valence-electron chi connectivity index (χ0n) is 10.6. The molecule has 3 heteroatoms. The molecule has 0 saturated heterocycles. The maximum atomic E-state index is 9.54. The van der Waals surface area contributed by atoms with Crippen LogP contribution in [0.5, 0.6) is 0 Å². The molecule has 1 N–H and O–H groups in total. The smallest absolute Gasteiger partial charge is 0.128 e. The first-order chi connectivity index (χ1) is 7.60. The number of rotatable bonds is 5. The number of nitrogens with zero attached hydrogens (tertiary/aromatic N) is 2. The Bertz CT molecular complexity index is 321. The Morgan fingerprint density at radius 3 is 2.50 bits per heavy atom. The van der Waals surface area contributed by atoms with E-state index >= 15 is 0 Å². The Morgan fingerprint density at radius 1 is 1.38 bits per heavy atom. The number of pyridine rings is 1. The van der Waals surface area contributed by atoms with Crippen LogP contribution in [0.4, 0.5) is 5.82 Å². The van der Waals surface area contributed by atoms with Crippen molar-refractivity contribution in [2.75, 3.05) is 11.9 Å². The molecule has 0 fully saturated rings. The van der Waals surface area contributed by atoms with Gasteiger partial charge in [-0.15, -0.1) is 0 Å². The van der Waals surface area contributed by atoms with Crippen LogP contribution in [0.25, 0.3) is 0 Å². The maximum Gasteiger partial charge on any atom is 0.128 e. The van der Waals surface area contributed by atoms with E-state index in [9.17, 15) is 5.11 Å². The molecule has 90 valence electrons. The van der Waals surface area contributed by atoms with Crippen LogP contribution in [0.2, 0.25) is 0 Å². The van der Waals surface area contributed by atoms with Crippen LogP contribution in [-0.4, -0.2) is 23.2 Å². The summed E-state index contributed by atoms with van der Waals surface area (Å²) >= 11 is 0. The van der Waals surface area contributed by atoms with Crippen LogP contribution in [0.15, 0.2) is 18.3 Å². The molecule has 0 aromatic carbocycles. The van der Waals surface area contributed by atoms with Crippen LogP contribution in [0, 0.1) is 0 Å². The van der Waals surface area contributed by atoms with Crippen molar-refractivity contribution in [3.8, 4) is 0 Å². The van der Waals surface area contributed by atoms with Gasteiger partial charge in [0.2, 0.25) is 0 Å². The third-order valence-corrected chi connectivity index (χ3v) is 3.10. The maximum absolute atomic E-state index is 9.54. The first-order valence-electron chi connectivity index (χ1n) is 5.97. The number of hydrogen-bond acceptors (Lipinski definition) is 3.